The van der Waals surface area contributed by atoms with Crippen LogP contribution < -0.4 is 5.73 Å². The molecule has 0 aromatic rings. The monoisotopic (exact) mass is 96.1 g/mol. The molecule has 0 aromatic carbocycles. The molecular weight excluding hydrogens is 88.1 g/mol. The van der Waals surface area contributed by atoms with Crippen LogP contribution in [0.5, 0.6) is 0 Å². The molecule has 2 heteroatoms. The molecule has 0 bridgehead atoms. The lowest BCUT2D eigenvalue weighted by Crippen LogP contribution is -1.93. The van der Waals surface area contributed by atoms with Crippen molar-refractivity contribution in [1.82, 2.24) is 0 Å². The van der Waals surface area contributed by atoms with Crippen molar-refractivity contribution in [3.05, 3.63) is 11.8 Å². The predicted octanol–water partition coefficient (Wildman–Crippen LogP) is 0.763. The van der Waals surface area contributed by atoms with Gasteiger partial charge in [-0.2, -0.15) is 5.26 Å². The minimum absolute atomic E-state index is 0.344. The van der Waals surface area contributed by atoms with E-state index in [-0.39, 0.29) is 0 Å². The molecule has 0 heterocycles. The van der Waals surface area contributed by atoms with Crippen LogP contribution in [0.25, 0.3) is 0 Å². The highest BCUT2D eigenvalue weighted by molar-refractivity contribution is 5.00. The summed E-state index contributed by atoms with van der Waals surface area (Å²) in [7, 11) is 0. The summed E-state index contributed by atoms with van der Waals surface area (Å²) in [6, 6.07) is 1.93. The Hall–Kier alpha value is -0.970. The van der Waals surface area contributed by atoms with E-state index in [0.29, 0.717) is 12.1 Å². The molecule has 0 atom stereocenters. The maximum atomic E-state index is 8.00. The lowest BCUT2D eigenvalue weighted by molar-refractivity contribution is 1.16. The summed E-state index contributed by atoms with van der Waals surface area (Å²) in [4.78, 5) is 0. The Morgan fingerprint density at radius 2 is 2.57 bits per heavy atom. The van der Waals surface area contributed by atoms with Gasteiger partial charge in [0.15, 0.2) is 0 Å². The molecule has 0 amide bonds. The zero-order valence-corrected chi connectivity index (χ0v) is 4.31. The van der Waals surface area contributed by atoms with Crippen LogP contribution in [0.15, 0.2) is 11.8 Å². The first-order chi connectivity index (χ1) is 3.31. The van der Waals surface area contributed by atoms with Gasteiger partial charge in [0.2, 0.25) is 0 Å². The molecule has 0 aliphatic heterocycles. The van der Waals surface area contributed by atoms with E-state index in [0.717, 1.165) is 0 Å². The number of hydrogen-bond acceptors (Lipinski definition) is 2. The predicted molar refractivity (Wildman–Crippen MR) is 28.2 cm³/mol. The summed E-state index contributed by atoms with van der Waals surface area (Å²) in [5, 5.41) is 8.00. The van der Waals surface area contributed by atoms with E-state index in [1.54, 1.807) is 6.08 Å². The Kier molecular flexibility index (Phi) is 2.78. The zero-order chi connectivity index (χ0) is 5.70. The number of allylic oxidation sites excluding steroid dienone is 2. The molecule has 7 heavy (non-hydrogen) atoms. The van der Waals surface area contributed by atoms with E-state index in [1.165, 1.54) is 0 Å². The Balaban J connectivity index is 3.43. The molecule has 0 radical (unpaired) electrons. The van der Waals surface area contributed by atoms with E-state index in [9.17, 15) is 0 Å². The second-order valence-electron chi connectivity index (χ2n) is 1.20. The van der Waals surface area contributed by atoms with Crippen molar-refractivity contribution in [1.29, 1.82) is 5.26 Å². The van der Waals surface area contributed by atoms with Gasteiger partial charge in [-0.15, -0.1) is 0 Å². The minimum Gasteiger partial charge on any atom is -0.401 e. The highest BCUT2D eigenvalue weighted by Crippen LogP contribution is 1.86. The van der Waals surface area contributed by atoms with Crippen molar-refractivity contribution in [2.45, 2.75) is 13.3 Å². The van der Waals surface area contributed by atoms with Gasteiger partial charge in [0.25, 0.3) is 0 Å². The van der Waals surface area contributed by atoms with Crippen LogP contribution in [-0.4, -0.2) is 0 Å². The fraction of sp³-hybridized carbons (Fsp3) is 0.400. The number of nitriles is 1. The van der Waals surface area contributed by atoms with E-state index in [2.05, 4.69) is 0 Å². The van der Waals surface area contributed by atoms with Gasteiger partial charge >= 0.3 is 0 Å². The first-order valence-electron chi connectivity index (χ1n) is 2.09. The average Bonchev–Trinajstić information content (AvgIpc) is 1.68. The molecule has 0 unspecified atom stereocenters. The van der Waals surface area contributed by atoms with Crippen molar-refractivity contribution >= 4 is 0 Å². The molecule has 2 N–H and O–H groups in total. The van der Waals surface area contributed by atoms with Crippen LogP contribution in [0.1, 0.15) is 13.3 Å². The molecule has 2 nitrogen and oxygen atoms in total. The highest BCUT2D eigenvalue weighted by Gasteiger charge is 1.79. The lowest BCUT2D eigenvalue weighted by Gasteiger charge is -1.84. The van der Waals surface area contributed by atoms with Crippen molar-refractivity contribution in [3.8, 4) is 6.07 Å². The Labute approximate surface area is 43.2 Å². The zero-order valence-electron chi connectivity index (χ0n) is 4.31. The van der Waals surface area contributed by atoms with E-state index in [1.807, 2.05) is 13.0 Å². The molecule has 0 saturated carbocycles. The van der Waals surface area contributed by atoms with Gasteiger partial charge in [-0.3, -0.25) is 0 Å². The summed E-state index contributed by atoms with van der Waals surface area (Å²) in [6.07, 6.45) is 2.07. The van der Waals surface area contributed by atoms with Gasteiger partial charge in [-0.05, 0) is 6.92 Å². The van der Waals surface area contributed by atoms with Crippen molar-refractivity contribution in [3.63, 3.8) is 0 Å². The smallest absolute Gasteiger partial charge is 0.0743 e. The van der Waals surface area contributed by atoms with Crippen LogP contribution in [0.3, 0.4) is 0 Å². The molecule has 0 spiro atoms. The molecule has 0 aliphatic rings. The van der Waals surface area contributed by atoms with Gasteiger partial charge in [0, 0.05) is 5.70 Å². The maximum Gasteiger partial charge on any atom is 0.0743 e. The SMILES string of the molecule is C/C=C(\N)CC#N. The number of nitrogens with zero attached hydrogens (tertiary/aromatic N) is 1. The summed E-state index contributed by atoms with van der Waals surface area (Å²) in [5.74, 6) is 0. The maximum absolute atomic E-state index is 8.00. The number of nitrogens with two attached hydrogens (primary N) is 1. The molecule has 0 fully saturated rings. The van der Waals surface area contributed by atoms with Crippen LogP contribution in [0.4, 0.5) is 0 Å². The Bertz CT molecular complexity index is 108. The fourth-order valence-corrected chi connectivity index (χ4v) is 0.193. The first-order valence-corrected chi connectivity index (χ1v) is 2.09. The molecule has 0 rings (SSSR count). The molecular formula is C5H8N2. The lowest BCUT2D eigenvalue weighted by atomic mass is 10.3. The van der Waals surface area contributed by atoms with Gasteiger partial charge in [-0.1, -0.05) is 6.08 Å². The standard InChI is InChI=1S/C5H8N2/c1-2-5(7)3-4-6/h2H,3,7H2,1H3/b5-2-. The quantitative estimate of drug-likeness (QED) is 0.524. The van der Waals surface area contributed by atoms with Gasteiger partial charge in [-0.25, -0.2) is 0 Å². The normalized spacial score (nSPS) is 10.6. The number of rotatable bonds is 1. The van der Waals surface area contributed by atoms with E-state index in [4.69, 9.17) is 11.0 Å². The second-order valence-corrected chi connectivity index (χ2v) is 1.20. The molecule has 0 saturated heterocycles. The van der Waals surface area contributed by atoms with Crippen LogP contribution in [-0.2, 0) is 0 Å². The fourth-order valence-electron chi connectivity index (χ4n) is 0.193. The molecule has 0 aliphatic carbocycles. The minimum atomic E-state index is 0.344. The van der Waals surface area contributed by atoms with Gasteiger partial charge in [0.05, 0.1) is 12.5 Å². The Morgan fingerprint density at radius 1 is 2.00 bits per heavy atom. The number of hydrogen-bond donors (Lipinski definition) is 1. The van der Waals surface area contributed by atoms with Gasteiger partial charge < -0.3 is 5.73 Å². The van der Waals surface area contributed by atoms with Crippen LogP contribution >= 0.6 is 0 Å². The van der Waals surface area contributed by atoms with Crippen molar-refractivity contribution in [2.24, 2.45) is 5.73 Å². The van der Waals surface area contributed by atoms with Gasteiger partial charge in [0.1, 0.15) is 0 Å². The first kappa shape index (κ1) is 6.03. The highest BCUT2D eigenvalue weighted by atomic mass is 14.6. The summed E-state index contributed by atoms with van der Waals surface area (Å²) < 4.78 is 0. The van der Waals surface area contributed by atoms with Crippen molar-refractivity contribution < 1.29 is 0 Å². The third-order valence-electron chi connectivity index (χ3n) is 0.654. The average molecular weight is 96.1 g/mol. The molecule has 0 aromatic heterocycles. The third-order valence-corrected chi connectivity index (χ3v) is 0.654. The van der Waals surface area contributed by atoms with Crippen molar-refractivity contribution in [2.75, 3.05) is 0 Å². The van der Waals surface area contributed by atoms with E-state index < -0.39 is 0 Å². The summed E-state index contributed by atoms with van der Waals surface area (Å²) in [5.41, 5.74) is 5.86. The Morgan fingerprint density at radius 3 is 2.71 bits per heavy atom. The second kappa shape index (κ2) is 3.23. The third kappa shape index (κ3) is 2.84. The van der Waals surface area contributed by atoms with E-state index >= 15 is 0 Å². The summed E-state index contributed by atoms with van der Waals surface area (Å²) in [6.45, 7) is 1.81. The van der Waals surface area contributed by atoms with Crippen LogP contribution in [0, 0.1) is 11.3 Å². The largest absolute Gasteiger partial charge is 0.401 e. The molecule has 38 valence electrons. The summed E-state index contributed by atoms with van der Waals surface area (Å²) >= 11 is 0. The topological polar surface area (TPSA) is 49.8 Å². The van der Waals surface area contributed by atoms with Crippen LogP contribution in [0.2, 0.25) is 0 Å².